The van der Waals surface area contributed by atoms with Crippen LogP contribution in [0.3, 0.4) is 0 Å². The smallest absolute Gasteiger partial charge is 0.171 e. The van der Waals surface area contributed by atoms with Gasteiger partial charge in [0.1, 0.15) is 12.4 Å². The van der Waals surface area contributed by atoms with Gasteiger partial charge in [-0.1, -0.05) is 66.7 Å². The van der Waals surface area contributed by atoms with Crippen molar-refractivity contribution in [3.63, 3.8) is 0 Å². The first-order chi connectivity index (χ1) is 14.1. The minimum atomic E-state index is -0.0352. The maximum absolute atomic E-state index is 5.62. The van der Waals surface area contributed by atoms with Crippen LogP contribution in [0, 0.1) is 13.8 Å². The van der Waals surface area contributed by atoms with E-state index in [9.17, 15) is 0 Å². The Morgan fingerprint density at radius 3 is 2.41 bits per heavy atom. The van der Waals surface area contributed by atoms with Gasteiger partial charge in [-0.25, -0.2) is 0 Å². The zero-order chi connectivity index (χ0) is 20.6. The highest BCUT2D eigenvalue weighted by Gasteiger charge is 2.17. The van der Waals surface area contributed by atoms with Crippen LogP contribution in [0.15, 0.2) is 85.5 Å². The van der Waals surface area contributed by atoms with Crippen LogP contribution in [0.25, 0.3) is 0 Å². The molecule has 0 heterocycles. The van der Waals surface area contributed by atoms with Crippen molar-refractivity contribution in [2.24, 2.45) is 0 Å². The summed E-state index contributed by atoms with van der Waals surface area (Å²) in [7, 11) is 0. The van der Waals surface area contributed by atoms with Gasteiger partial charge < -0.3 is 15.4 Å². The lowest BCUT2D eigenvalue weighted by atomic mass is 9.94. The number of rotatable bonds is 7. The summed E-state index contributed by atoms with van der Waals surface area (Å²) in [5.41, 5.74) is 5.76. The van der Waals surface area contributed by atoms with Crippen molar-refractivity contribution in [2.75, 3.05) is 11.9 Å². The van der Waals surface area contributed by atoms with Crippen molar-refractivity contribution in [3.05, 3.63) is 108 Å². The minimum absolute atomic E-state index is 0.0352. The Balaban J connectivity index is 1.77. The van der Waals surface area contributed by atoms with Gasteiger partial charge >= 0.3 is 0 Å². The molecule has 0 aliphatic rings. The first-order valence-electron chi connectivity index (χ1n) is 9.60. The molecular weight excluding hydrogens is 376 g/mol. The lowest BCUT2D eigenvalue weighted by Gasteiger charge is -2.24. The third-order valence-electron chi connectivity index (χ3n) is 4.62. The van der Waals surface area contributed by atoms with Crippen LogP contribution in [0.2, 0.25) is 0 Å². The molecule has 3 aromatic carbocycles. The van der Waals surface area contributed by atoms with Gasteiger partial charge in [-0.15, -0.1) is 0 Å². The summed E-state index contributed by atoms with van der Waals surface area (Å²) in [4.78, 5) is 0. The number of hydrogen-bond acceptors (Lipinski definition) is 2. The third kappa shape index (κ3) is 5.69. The summed E-state index contributed by atoms with van der Waals surface area (Å²) in [5.74, 6) is 0.798. The van der Waals surface area contributed by atoms with Crippen LogP contribution in [-0.4, -0.2) is 11.7 Å². The Labute approximate surface area is 178 Å². The first kappa shape index (κ1) is 20.6. The lowest BCUT2D eigenvalue weighted by molar-refractivity contribution is 0.363. The van der Waals surface area contributed by atoms with Crippen LogP contribution >= 0.6 is 12.2 Å². The molecule has 0 aliphatic heterocycles. The molecule has 0 radical (unpaired) electrons. The zero-order valence-corrected chi connectivity index (χ0v) is 17.6. The molecule has 0 aliphatic carbocycles. The van der Waals surface area contributed by atoms with E-state index in [4.69, 9.17) is 17.0 Å². The zero-order valence-electron chi connectivity index (χ0n) is 16.8. The van der Waals surface area contributed by atoms with Crippen molar-refractivity contribution in [3.8, 4) is 5.75 Å². The van der Waals surface area contributed by atoms with Crippen LogP contribution in [-0.2, 0) is 0 Å². The number of nitrogens with one attached hydrogen (secondary N) is 2. The summed E-state index contributed by atoms with van der Waals surface area (Å²) in [6.07, 6.45) is 1.72. The third-order valence-corrected chi connectivity index (χ3v) is 4.84. The molecule has 0 spiro atoms. The Morgan fingerprint density at radius 1 is 1.03 bits per heavy atom. The van der Waals surface area contributed by atoms with Crippen LogP contribution in [0.5, 0.6) is 5.75 Å². The number of anilines is 1. The normalized spacial score (nSPS) is 11.4. The lowest BCUT2D eigenvalue weighted by Crippen LogP contribution is -2.33. The van der Waals surface area contributed by atoms with E-state index in [-0.39, 0.29) is 6.04 Å². The van der Waals surface area contributed by atoms with E-state index < -0.39 is 0 Å². The van der Waals surface area contributed by atoms with Gasteiger partial charge in [0.2, 0.25) is 0 Å². The van der Waals surface area contributed by atoms with Crippen LogP contribution in [0.1, 0.15) is 28.3 Å². The van der Waals surface area contributed by atoms with E-state index >= 15 is 0 Å². The van der Waals surface area contributed by atoms with Crippen molar-refractivity contribution in [1.82, 2.24) is 5.32 Å². The molecule has 3 nitrogen and oxygen atoms in total. The fraction of sp³-hybridized carbons (Fsp3) is 0.160. The van der Waals surface area contributed by atoms with Crippen molar-refractivity contribution in [2.45, 2.75) is 19.9 Å². The van der Waals surface area contributed by atoms with Crippen molar-refractivity contribution < 1.29 is 4.74 Å². The Morgan fingerprint density at radius 2 is 1.76 bits per heavy atom. The van der Waals surface area contributed by atoms with Gasteiger partial charge in [0, 0.05) is 5.69 Å². The Kier molecular flexibility index (Phi) is 7.04. The predicted octanol–water partition coefficient (Wildman–Crippen LogP) is 5.94. The van der Waals surface area contributed by atoms with Gasteiger partial charge in [-0.05, 0) is 67.0 Å². The molecule has 0 fully saturated rings. The molecule has 0 amide bonds. The first-order valence-corrected chi connectivity index (χ1v) is 10.0. The highest BCUT2D eigenvalue weighted by atomic mass is 32.1. The molecule has 0 unspecified atom stereocenters. The molecular formula is C25H26N2OS. The fourth-order valence-electron chi connectivity index (χ4n) is 3.22. The van der Waals surface area contributed by atoms with Gasteiger partial charge in [0.05, 0.1) is 6.04 Å². The highest BCUT2D eigenvalue weighted by molar-refractivity contribution is 7.80. The second-order valence-electron chi connectivity index (χ2n) is 6.93. The largest absolute Gasteiger partial charge is 0.490 e. The van der Waals surface area contributed by atoms with Crippen molar-refractivity contribution in [1.29, 1.82) is 0 Å². The summed E-state index contributed by atoms with van der Waals surface area (Å²) >= 11 is 5.62. The number of benzene rings is 3. The van der Waals surface area contributed by atoms with E-state index in [1.807, 2.05) is 42.5 Å². The number of ether oxygens (including phenoxy) is 1. The molecule has 148 valence electrons. The van der Waals surface area contributed by atoms with Gasteiger partial charge in [0.15, 0.2) is 5.11 Å². The molecule has 0 bridgehead atoms. The molecule has 3 aromatic rings. The fourth-order valence-corrected chi connectivity index (χ4v) is 3.46. The number of hydrogen-bond donors (Lipinski definition) is 2. The van der Waals surface area contributed by atoms with Crippen LogP contribution in [0.4, 0.5) is 5.69 Å². The summed E-state index contributed by atoms with van der Waals surface area (Å²) in [6, 6.07) is 24.5. The second kappa shape index (κ2) is 9.89. The van der Waals surface area contributed by atoms with E-state index in [1.165, 1.54) is 16.7 Å². The second-order valence-corrected chi connectivity index (χ2v) is 7.33. The molecule has 2 N–H and O–H groups in total. The standard InChI is InChI=1S/C25H26N2OS/c1-4-16-28-22-13-11-21(12-14-22)26-25(29)27-24(20-8-6-5-7-9-20)23-15-10-18(2)17-19(23)3/h4-15,17,24H,1,16H2,2-3H3,(H2,26,27,29)/t24-/m1/s1. The molecule has 3 rings (SSSR count). The maximum atomic E-state index is 5.62. The molecule has 29 heavy (non-hydrogen) atoms. The topological polar surface area (TPSA) is 33.3 Å². The molecule has 0 aromatic heterocycles. The Hall–Kier alpha value is -3.11. The van der Waals surface area contributed by atoms with E-state index in [2.05, 4.69) is 61.4 Å². The average molecular weight is 403 g/mol. The summed E-state index contributed by atoms with van der Waals surface area (Å²) < 4.78 is 5.52. The summed E-state index contributed by atoms with van der Waals surface area (Å²) in [6.45, 7) is 8.39. The molecule has 0 saturated carbocycles. The van der Waals surface area contributed by atoms with E-state index in [1.54, 1.807) is 6.08 Å². The number of aryl methyl sites for hydroxylation is 2. The minimum Gasteiger partial charge on any atom is -0.490 e. The number of thiocarbonyl (C=S) groups is 1. The quantitative estimate of drug-likeness (QED) is 0.378. The van der Waals surface area contributed by atoms with Gasteiger partial charge in [0.25, 0.3) is 0 Å². The van der Waals surface area contributed by atoms with E-state index in [0.29, 0.717) is 11.7 Å². The predicted molar refractivity (Wildman–Crippen MR) is 126 cm³/mol. The molecule has 0 saturated heterocycles. The van der Waals surface area contributed by atoms with E-state index in [0.717, 1.165) is 17.0 Å². The maximum Gasteiger partial charge on any atom is 0.171 e. The SMILES string of the molecule is C=CCOc1ccc(NC(=S)N[C@H](c2ccccc2)c2ccc(C)cc2C)cc1. The molecule has 4 heteroatoms. The summed E-state index contributed by atoms with van der Waals surface area (Å²) in [5, 5.41) is 7.32. The van der Waals surface area contributed by atoms with Crippen LogP contribution < -0.4 is 15.4 Å². The van der Waals surface area contributed by atoms with Gasteiger partial charge in [-0.3, -0.25) is 0 Å². The monoisotopic (exact) mass is 402 g/mol. The van der Waals surface area contributed by atoms with Crippen molar-refractivity contribution >= 4 is 23.0 Å². The average Bonchev–Trinajstić information content (AvgIpc) is 2.73. The van der Waals surface area contributed by atoms with Gasteiger partial charge in [-0.2, -0.15) is 0 Å². The Bertz CT molecular complexity index is 968. The highest BCUT2D eigenvalue weighted by Crippen LogP contribution is 2.26. The molecule has 1 atom stereocenters.